The second-order valence-electron chi connectivity index (χ2n) is 7.03. The van der Waals surface area contributed by atoms with E-state index in [1.807, 2.05) is 6.07 Å². The van der Waals surface area contributed by atoms with E-state index in [2.05, 4.69) is 44.8 Å². The molecule has 2 aromatic rings. The summed E-state index contributed by atoms with van der Waals surface area (Å²) in [6, 6.07) is 15.5. The van der Waals surface area contributed by atoms with Gasteiger partial charge in [-0.25, -0.2) is 4.39 Å². The molecule has 0 aromatic heterocycles. The zero-order valence-electron chi connectivity index (χ0n) is 16.0. The second kappa shape index (κ2) is 10.1. The van der Waals surface area contributed by atoms with Crippen LogP contribution in [0.15, 0.2) is 53.5 Å². The zero-order chi connectivity index (χ0) is 18.9. The van der Waals surface area contributed by atoms with Gasteiger partial charge in [0.1, 0.15) is 5.82 Å². The molecule has 1 saturated heterocycles. The average Bonchev–Trinajstić information content (AvgIpc) is 3.19. The molecule has 1 aliphatic heterocycles. The van der Waals surface area contributed by atoms with E-state index >= 15 is 0 Å². The fraction of sp³-hybridized carbons (Fsp3) is 0.409. The smallest absolute Gasteiger partial charge is 0.191 e. The van der Waals surface area contributed by atoms with Crippen molar-refractivity contribution < 1.29 is 4.39 Å². The summed E-state index contributed by atoms with van der Waals surface area (Å²) in [5.74, 6) is 0.565. The van der Waals surface area contributed by atoms with Gasteiger partial charge in [0.05, 0.1) is 0 Å². The predicted octanol–water partition coefficient (Wildman–Crippen LogP) is 3.33. The van der Waals surface area contributed by atoms with Crippen LogP contribution in [0.3, 0.4) is 0 Å². The van der Waals surface area contributed by atoms with Gasteiger partial charge in [-0.05, 0) is 61.2 Å². The fourth-order valence-electron chi connectivity index (χ4n) is 3.39. The van der Waals surface area contributed by atoms with Crippen molar-refractivity contribution in [1.82, 2.24) is 15.5 Å². The van der Waals surface area contributed by atoms with Crippen LogP contribution in [0, 0.1) is 5.82 Å². The summed E-state index contributed by atoms with van der Waals surface area (Å²) in [5.41, 5.74) is 3.58. The molecule has 2 aromatic carbocycles. The minimum absolute atomic E-state index is 0.191. The molecule has 144 valence electrons. The molecular formula is C22H29FN4. The first-order chi connectivity index (χ1) is 13.2. The monoisotopic (exact) mass is 368 g/mol. The maximum Gasteiger partial charge on any atom is 0.191 e. The van der Waals surface area contributed by atoms with Gasteiger partial charge in [-0.2, -0.15) is 0 Å². The lowest BCUT2D eigenvalue weighted by molar-refractivity contribution is 0.331. The molecule has 3 rings (SSSR count). The Bertz CT molecular complexity index is 736. The van der Waals surface area contributed by atoms with Crippen LogP contribution >= 0.6 is 0 Å². The van der Waals surface area contributed by atoms with E-state index in [1.165, 1.54) is 43.1 Å². The molecule has 0 unspecified atom stereocenters. The number of benzene rings is 2. The van der Waals surface area contributed by atoms with Crippen LogP contribution < -0.4 is 10.6 Å². The van der Waals surface area contributed by atoms with Crippen molar-refractivity contribution in [3.63, 3.8) is 0 Å². The molecule has 0 aliphatic carbocycles. The number of rotatable bonds is 7. The quantitative estimate of drug-likeness (QED) is 0.582. The lowest BCUT2D eigenvalue weighted by Gasteiger charge is -2.15. The van der Waals surface area contributed by atoms with Crippen molar-refractivity contribution in [2.75, 3.05) is 26.7 Å². The number of nitrogens with one attached hydrogen (secondary N) is 2. The Kier molecular flexibility index (Phi) is 7.22. The molecule has 1 fully saturated rings. The van der Waals surface area contributed by atoms with Gasteiger partial charge < -0.3 is 10.6 Å². The van der Waals surface area contributed by atoms with E-state index in [-0.39, 0.29) is 5.82 Å². The first kappa shape index (κ1) is 19.4. The van der Waals surface area contributed by atoms with E-state index < -0.39 is 0 Å². The van der Waals surface area contributed by atoms with Crippen LogP contribution in [0.1, 0.15) is 29.5 Å². The summed E-state index contributed by atoms with van der Waals surface area (Å²) in [5, 5.41) is 6.61. The topological polar surface area (TPSA) is 39.7 Å². The van der Waals surface area contributed by atoms with Crippen LogP contribution in [0.2, 0.25) is 0 Å². The third kappa shape index (κ3) is 6.36. The van der Waals surface area contributed by atoms with Gasteiger partial charge in [0, 0.05) is 26.7 Å². The molecular weight excluding hydrogens is 339 g/mol. The van der Waals surface area contributed by atoms with Crippen molar-refractivity contribution in [2.45, 2.75) is 32.4 Å². The summed E-state index contributed by atoms with van der Waals surface area (Å²) in [6.45, 7) is 4.93. The Balaban J connectivity index is 1.40. The van der Waals surface area contributed by atoms with Crippen LogP contribution in [-0.2, 0) is 19.5 Å². The minimum Gasteiger partial charge on any atom is -0.356 e. The summed E-state index contributed by atoms with van der Waals surface area (Å²) in [6.07, 6.45) is 3.41. The number of hydrogen-bond acceptors (Lipinski definition) is 2. The van der Waals surface area contributed by atoms with Crippen LogP contribution in [0.4, 0.5) is 4.39 Å². The highest BCUT2D eigenvalue weighted by Crippen LogP contribution is 2.13. The van der Waals surface area contributed by atoms with Gasteiger partial charge >= 0.3 is 0 Å². The summed E-state index contributed by atoms with van der Waals surface area (Å²) in [4.78, 5) is 6.76. The Morgan fingerprint density at radius 1 is 1.00 bits per heavy atom. The maximum atomic E-state index is 13.2. The first-order valence-electron chi connectivity index (χ1n) is 9.72. The fourth-order valence-corrected chi connectivity index (χ4v) is 3.39. The number of nitrogens with zero attached hydrogens (tertiary/aromatic N) is 2. The third-order valence-corrected chi connectivity index (χ3v) is 4.91. The Labute approximate surface area is 161 Å². The zero-order valence-corrected chi connectivity index (χ0v) is 16.0. The van der Waals surface area contributed by atoms with Crippen LogP contribution in [0.5, 0.6) is 0 Å². The van der Waals surface area contributed by atoms with Crippen molar-refractivity contribution in [2.24, 2.45) is 4.99 Å². The highest BCUT2D eigenvalue weighted by atomic mass is 19.1. The van der Waals surface area contributed by atoms with E-state index in [4.69, 9.17) is 0 Å². The molecule has 4 nitrogen and oxygen atoms in total. The Morgan fingerprint density at radius 2 is 1.74 bits per heavy atom. The molecule has 2 N–H and O–H groups in total. The van der Waals surface area contributed by atoms with Gasteiger partial charge in [-0.15, -0.1) is 0 Å². The highest BCUT2D eigenvalue weighted by Gasteiger charge is 2.11. The molecule has 0 amide bonds. The number of halogens is 1. The molecule has 0 saturated carbocycles. The van der Waals surface area contributed by atoms with Crippen LogP contribution in [-0.4, -0.2) is 37.5 Å². The minimum atomic E-state index is -0.191. The predicted molar refractivity (Wildman–Crippen MR) is 109 cm³/mol. The molecule has 0 atom stereocenters. The van der Waals surface area contributed by atoms with Crippen molar-refractivity contribution in [3.05, 3.63) is 71.0 Å². The van der Waals surface area contributed by atoms with E-state index in [0.717, 1.165) is 31.0 Å². The van der Waals surface area contributed by atoms with E-state index in [1.54, 1.807) is 19.2 Å². The molecule has 1 heterocycles. The molecule has 27 heavy (non-hydrogen) atoms. The SMILES string of the molecule is CN=C(NCCc1cccc(F)c1)NCc1ccc(CN2CCCC2)cc1. The van der Waals surface area contributed by atoms with Crippen molar-refractivity contribution in [1.29, 1.82) is 0 Å². The van der Waals surface area contributed by atoms with Gasteiger partial charge in [0.2, 0.25) is 0 Å². The summed E-state index contributed by atoms with van der Waals surface area (Å²) >= 11 is 0. The normalized spacial score (nSPS) is 15.1. The van der Waals surface area contributed by atoms with E-state index in [0.29, 0.717) is 6.54 Å². The van der Waals surface area contributed by atoms with Crippen molar-refractivity contribution in [3.8, 4) is 0 Å². The molecule has 5 heteroatoms. The van der Waals surface area contributed by atoms with Crippen LogP contribution in [0.25, 0.3) is 0 Å². The first-order valence-corrected chi connectivity index (χ1v) is 9.72. The standard InChI is InChI=1S/C22H29FN4/c1-24-22(25-12-11-18-5-4-6-21(23)15-18)26-16-19-7-9-20(10-8-19)17-27-13-2-3-14-27/h4-10,15H,2-3,11-14,16-17H2,1H3,(H2,24,25,26). The molecule has 0 radical (unpaired) electrons. The van der Waals surface area contributed by atoms with Gasteiger partial charge in [0.25, 0.3) is 0 Å². The molecule has 0 spiro atoms. The third-order valence-electron chi connectivity index (χ3n) is 4.91. The molecule has 1 aliphatic rings. The van der Waals surface area contributed by atoms with Gasteiger partial charge in [0.15, 0.2) is 5.96 Å². The Morgan fingerprint density at radius 3 is 2.44 bits per heavy atom. The maximum absolute atomic E-state index is 13.2. The number of guanidine groups is 1. The Hall–Kier alpha value is -2.40. The van der Waals surface area contributed by atoms with Gasteiger partial charge in [-0.3, -0.25) is 9.89 Å². The largest absolute Gasteiger partial charge is 0.356 e. The lowest BCUT2D eigenvalue weighted by Crippen LogP contribution is -2.37. The number of likely N-dealkylation sites (tertiary alicyclic amines) is 1. The van der Waals surface area contributed by atoms with E-state index in [9.17, 15) is 4.39 Å². The summed E-state index contributed by atoms with van der Waals surface area (Å²) in [7, 11) is 1.76. The average molecular weight is 369 g/mol. The second-order valence-corrected chi connectivity index (χ2v) is 7.03. The summed E-state index contributed by atoms with van der Waals surface area (Å²) < 4.78 is 13.2. The highest BCUT2D eigenvalue weighted by molar-refractivity contribution is 5.79. The lowest BCUT2D eigenvalue weighted by atomic mass is 10.1. The molecule has 0 bridgehead atoms. The van der Waals surface area contributed by atoms with Gasteiger partial charge in [-0.1, -0.05) is 36.4 Å². The number of hydrogen-bond donors (Lipinski definition) is 2. The number of aliphatic imine (C=N–C) groups is 1. The van der Waals surface area contributed by atoms with Crippen molar-refractivity contribution >= 4 is 5.96 Å².